The van der Waals surface area contributed by atoms with Crippen LogP contribution in [-0.4, -0.2) is 31.9 Å². The summed E-state index contributed by atoms with van der Waals surface area (Å²) in [5.74, 6) is -0.574. The first-order valence-electron chi connectivity index (χ1n) is 5.12. The van der Waals surface area contributed by atoms with Gasteiger partial charge in [0.25, 0.3) is 0 Å². The minimum atomic E-state index is -3.66. The molecule has 2 rings (SSSR count). The van der Waals surface area contributed by atoms with Gasteiger partial charge in [0.05, 0.1) is 4.90 Å². The minimum Gasteiger partial charge on any atom is -0.326 e. The van der Waals surface area contributed by atoms with Gasteiger partial charge in [-0.2, -0.15) is 4.31 Å². The topological polar surface area (TPSA) is 63.4 Å². The third-order valence-corrected chi connectivity index (χ3v) is 5.56. The van der Waals surface area contributed by atoms with Crippen molar-refractivity contribution in [3.8, 4) is 0 Å². The molecule has 1 saturated heterocycles. The monoisotopic (exact) mass is 358 g/mol. The number of nitrogens with zero attached hydrogens (tertiary/aromatic N) is 1. The van der Waals surface area contributed by atoms with E-state index < -0.39 is 15.8 Å². The number of hydrogen-bond donors (Lipinski definition) is 1. The maximum Gasteiger partial charge on any atom is 0.244 e. The summed E-state index contributed by atoms with van der Waals surface area (Å²) in [6.07, 6.45) is 0.631. The largest absolute Gasteiger partial charge is 0.326 e. The van der Waals surface area contributed by atoms with Crippen molar-refractivity contribution in [3.05, 3.63) is 28.5 Å². The molecule has 0 aromatic heterocycles. The van der Waals surface area contributed by atoms with Crippen LogP contribution >= 0.6 is 28.3 Å². The highest BCUT2D eigenvalue weighted by atomic mass is 79.9. The van der Waals surface area contributed by atoms with Crippen LogP contribution in [0.15, 0.2) is 27.6 Å². The highest BCUT2D eigenvalue weighted by Crippen LogP contribution is 2.27. The van der Waals surface area contributed by atoms with E-state index in [4.69, 9.17) is 5.73 Å². The van der Waals surface area contributed by atoms with Gasteiger partial charge in [-0.05, 0) is 40.5 Å². The molecule has 1 aliphatic rings. The number of hydrogen-bond acceptors (Lipinski definition) is 3. The maximum atomic E-state index is 13.1. The Morgan fingerprint density at radius 1 is 1.44 bits per heavy atom. The lowest BCUT2D eigenvalue weighted by atomic mass is 10.3. The van der Waals surface area contributed by atoms with Crippen LogP contribution in [0.4, 0.5) is 4.39 Å². The van der Waals surface area contributed by atoms with E-state index in [1.807, 2.05) is 0 Å². The molecule has 2 N–H and O–H groups in total. The Hall–Kier alpha value is -0.210. The molecule has 0 bridgehead atoms. The average Bonchev–Trinajstić information content (AvgIpc) is 2.69. The van der Waals surface area contributed by atoms with Crippen molar-refractivity contribution in [2.45, 2.75) is 17.4 Å². The summed E-state index contributed by atoms with van der Waals surface area (Å²) in [5.41, 5.74) is 5.68. The van der Waals surface area contributed by atoms with E-state index >= 15 is 0 Å². The minimum absolute atomic E-state index is 0. The zero-order valence-electron chi connectivity index (χ0n) is 9.34. The molecule has 1 aliphatic heterocycles. The van der Waals surface area contributed by atoms with Crippen molar-refractivity contribution in [1.82, 2.24) is 4.31 Å². The summed E-state index contributed by atoms with van der Waals surface area (Å²) in [6.45, 7) is 0.664. The highest BCUT2D eigenvalue weighted by molar-refractivity contribution is 9.10. The molecule has 1 fully saturated rings. The van der Waals surface area contributed by atoms with Gasteiger partial charge in [0.2, 0.25) is 10.0 Å². The molecular formula is C10H13BrClFN2O2S. The predicted molar refractivity (Wildman–Crippen MR) is 72.7 cm³/mol. The fourth-order valence-electron chi connectivity index (χ4n) is 1.79. The normalized spacial score (nSPS) is 20.7. The van der Waals surface area contributed by atoms with Gasteiger partial charge in [0.1, 0.15) is 5.82 Å². The van der Waals surface area contributed by atoms with Crippen LogP contribution in [0, 0.1) is 5.82 Å². The molecule has 1 aromatic rings. The molecule has 18 heavy (non-hydrogen) atoms. The fourth-order valence-corrected chi connectivity index (χ4v) is 4.23. The van der Waals surface area contributed by atoms with E-state index in [0.717, 1.165) is 6.07 Å². The molecule has 1 atom stereocenters. The van der Waals surface area contributed by atoms with Gasteiger partial charge in [0, 0.05) is 23.6 Å². The van der Waals surface area contributed by atoms with Crippen molar-refractivity contribution in [2.75, 3.05) is 13.1 Å². The Balaban J connectivity index is 0.00000162. The summed E-state index contributed by atoms with van der Waals surface area (Å²) in [6, 6.07) is 3.47. The Bertz CT molecular complexity index is 541. The average molecular weight is 360 g/mol. The van der Waals surface area contributed by atoms with E-state index in [1.165, 1.54) is 16.4 Å². The highest BCUT2D eigenvalue weighted by Gasteiger charge is 2.32. The summed E-state index contributed by atoms with van der Waals surface area (Å²) in [4.78, 5) is -0.0494. The number of nitrogens with two attached hydrogens (primary N) is 1. The second-order valence-corrected chi connectivity index (χ2v) is 6.75. The lowest BCUT2D eigenvalue weighted by Gasteiger charge is -2.16. The van der Waals surface area contributed by atoms with Gasteiger partial charge in [-0.15, -0.1) is 12.4 Å². The van der Waals surface area contributed by atoms with Gasteiger partial charge in [0.15, 0.2) is 0 Å². The molecule has 0 spiro atoms. The van der Waals surface area contributed by atoms with Crippen LogP contribution in [0.2, 0.25) is 0 Å². The molecule has 0 aliphatic carbocycles. The second-order valence-electron chi connectivity index (χ2n) is 3.99. The summed E-state index contributed by atoms with van der Waals surface area (Å²) >= 11 is 3.12. The molecule has 8 heteroatoms. The molecule has 102 valence electrons. The summed E-state index contributed by atoms with van der Waals surface area (Å²) in [5, 5.41) is 0. The first-order valence-corrected chi connectivity index (χ1v) is 7.35. The van der Waals surface area contributed by atoms with E-state index in [9.17, 15) is 12.8 Å². The van der Waals surface area contributed by atoms with Crippen molar-refractivity contribution in [1.29, 1.82) is 0 Å². The summed E-state index contributed by atoms with van der Waals surface area (Å²) in [7, 11) is -3.66. The standard InChI is InChI=1S/C10H12BrFN2O2S.ClH/c11-9-2-1-7(12)5-10(9)17(15,16)14-4-3-8(13)6-14;/h1-2,5,8H,3-4,6,13H2;1H/t8-;/m1./s1. The molecule has 0 saturated carbocycles. The molecule has 1 heterocycles. The molecule has 0 radical (unpaired) electrons. The summed E-state index contributed by atoms with van der Waals surface area (Å²) < 4.78 is 39.2. The quantitative estimate of drug-likeness (QED) is 0.875. The molecule has 1 aromatic carbocycles. The van der Waals surface area contributed by atoms with Gasteiger partial charge in [-0.25, -0.2) is 12.8 Å². The smallest absolute Gasteiger partial charge is 0.244 e. The van der Waals surface area contributed by atoms with Gasteiger partial charge in [-0.1, -0.05) is 0 Å². The predicted octanol–water partition coefficient (Wildman–Crippen LogP) is 1.73. The number of halogens is 3. The van der Waals surface area contributed by atoms with E-state index in [2.05, 4.69) is 15.9 Å². The number of rotatable bonds is 2. The second kappa shape index (κ2) is 5.83. The van der Waals surface area contributed by atoms with E-state index in [1.54, 1.807) is 0 Å². The van der Waals surface area contributed by atoms with Crippen molar-refractivity contribution in [3.63, 3.8) is 0 Å². The zero-order valence-corrected chi connectivity index (χ0v) is 12.6. The van der Waals surface area contributed by atoms with Crippen LogP contribution < -0.4 is 5.73 Å². The fraction of sp³-hybridized carbons (Fsp3) is 0.400. The Morgan fingerprint density at radius 3 is 2.67 bits per heavy atom. The number of benzene rings is 1. The van der Waals surface area contributed by atoms with Crippen LogP contribution in [0.25, 0.3) is 0 Å². The van der Waals surface area contributed by atoms with Crippen LogP contribution in [-0.2, 0) is 10.0 Å². The first kappa shape index (κ1) is 15.8. The van der Waals surface area contributed by atoms with Gasteiger partial charge in [-0.3, -0.25) is 0 Å². The maximum absolute atomic E-state index is 13.1. The van der Waals surface area contributed by atoms with E-state index in [0.29, 0.717) is 17.4 Å². The molecular weight excluding hydrogens is 347 g/mol. The zero-order chi connectivity index (χ0) is 12.6. The molecule has 0 amide bonds. The molecule has 4 nitrogen and oxygen atoms in total. The van der Waals surface area contributed by atoms with Gasteiger partial charge < -0.3 is 5.73 Å². The van der Waals surface area contributed by atoms with Crippen LogP contribution in [0.5, 0.6) is 0 Å². The lowest BCUT2D eigenvalue weighted by molar-refractivity contribution is 0.471. The van der Waals surface area contributed by atoms with Gasteiger partial charge >= 0.3 is 0 Å². The van der Waals surface area contributed by atoms with Crippen LogP contribution in [0.3, 0.4) is 0 Å². The van der Waals surface area contributed by atoms with Crippen molar-refractivity contribution in [2.24, 2.45) is 5.73 Å². The van der Waals surface area contributed by atoms with Crippen molar-refractivity contribution >= 4 is 38.4 Å². The van der Waals surface area contributed by atoms with Crippen LogP contribution in [0.1, 0.15) is 6.42 Å². The van der Waals surface area contributed by atoms with Crippen molar-refractivity contribution < 1.29 is 12.8 Å². The first-order chi connectivity index (χ1) is 7.91. The van der Waals surface area contributed by atoms with E-state index in [-0.39, 0.29) is 29.9 Å². The Morgan fingerprint density at radius 2 is 2.11 bits per heavy atom. The number of sulfonamides is 1. The SMILES string of the molecule is Cl.N[C@@H]1CCN(S(=O)(=O)c2cc(F)ccc2Br)C1. The Labute approximate surface area is 120 Å². The third kappa shape index (κ3) is 3.03. The third-order valence-electron chi connectivity index (χ3n) is 2.70. The Kier molecular flexibility index (Phi) is 5.13. The lowest BCUT2D eigenvalue weighted by Crippen LogP contribution is -2.32. The molecule has 0 unspecified atom stereocenters.